The second-order valence-corrected chi connectivity index (χ2v) is 3.83. The summed E-state index contributed by atoms with van der Waals surface area (Å²) in [6.45, 7) is -0.466. The standard InChI is InChI=1S/C7H12O6S/c8-2-4(9)3-14-5(7(12)13)1-6(10)11/h4-5,8-9H,1-3H2,(H,10,11)(H,12,13). The van der Waals surface area contributed by atoms with Gasteiger partial charge in [-0.25, -0.2) is 0 Å². The fraction of sp³-hybridized carbons (Fsp3) is 0.714. The molecular weight excluding hydrogens is 212 g/mol. The molecule has 0 aliphatic rings. The predicted molar refractivity (Wildman–Crippen MR) is 49.2 cm³/mol. The van der Waals surface area contributed by atoms with Gasteiger partial charge in [-0.15, -0.1) is 11.8 Å². The lowest BCUT2D eigenvalue weighted by atomic mass is 10.3. The SMILES string of the molecule is O=C(O)CC(SCC(O)CO)C(=O)O. The van der Waals surface area contributed by atoms with Crippen LogP contribution in [0.1, 0.15) is 6.42 Å². The minimum absolute atomic E-state index is 0.000741. The summed E-state index contributed by atoms with van der Waals surface area (Å²) >= 11 is 0.800. The maximum atomic E-state index is 10.5. The van der Waals surface area contributed by atoms with E-state index < -0.39 is 36.3 Å². The number of thioether (sulfide) groups is 1. The zero-order valence-corrected chi connectivity index (χ0v) is 8.11. The molecule has 0 rings (SSSR count). The lowest BCUT2D eigenvalue weighted by molar-refractivity contribution is -0.142. The van der Waals surface area contributed by atoms with Crippen LogP contribution in [-0.2, 0) is 9.59 Å². The van der Waals surface area contributed by atoms with Gasteiger partial charge in [-0.3, -0.25) is 9.59 Å². The molecule has 0 radical (unpaired) electrons. The van der Waals surface area contributed by atoms with Crippen LogP contribution >= 0.6 is 11.8 Å². The van der Waals surface area contributed by atoms with Crippen molar-refractivity contribution >= 4 is 23.7 Å². The third kappa shape index (κ3) is 5.79. The lowest BCUT2D eigenvalue weighted by Gasteiger charge is -2.11. The van der Waals surface area contributed by atoms with Gasteiger partial charge in [0, 0.05) is 5.75 Å². The molecule has 0 saturated carbocycles. The molecule has 0 fully saturated rings. The highest BCUT2D eigenvalue weighted by molar-refractivity contribution is 8.00. The van der Waals surface area contributed by atoms with Crippen LogP contribution in [0.15, 0.2) is 0 Å². The Bertz CT molecular complexity index is 206. The second kappa shape index (κ2) is 6.63. The summed E-state index contributed by atoms with van der Waals surface area (Å²) in [5.74, 6) is -2.44. The van der Waals surface area contributed by atoms with Crippen molar-refractivity contribution in [2.45, 2.75) is 17.8 Å². The Hall–Kier alpha value is -0.790. The first-order valence-corrected chi connectivity index (χ1v) is 4.87. The first kappa shape index (κ1) is 13.2. The topological polar surface area (TPSA) is 115 Å². The van der Waals surface area contributed by atoms with Crippen molar-refractivity contribution in [2.75, 3.05) is 12.4 Å². The third-order valence-corrected chi connectivity index (χ3v) is 2.68. The normalized spacial score (nSPS) is 14.7. The van der Waals surface area contributed by atoms with Gasteiger partial charge in [0.25, 0.3) is 0 Å². The molecule has 82 valence electrons. The molecule has 0 aromatic rings. The molecule has 6 nitrogen and oxygen atoms in total. The molecule has 0 aliphatic heterocycles. The van der Waals surface area contributed by atoms with Crippen LogP contribution in [0.5, 0.6) is 0 Å². The molecule has 4 N–H and O–H groups in total. The molecule has 0 aromatic carbocycles. The van der Waals surface area contributed by atoms with Crippen molar-refractivity contribution in [2.24, 2.45) is 0 Å². The zero-order chi connectivity index (χ0) is 11.1. The third-order valence-electron chi connectivity index (χ3n) is 1.34. The van der Waals surface area contributed by atoms with E-state index in [9.17, 15) is 9.59 Å². The molecule has 14 heavy (non-hydrogen) atoms. The zero-order valence-electron chi connectivity index (χ0n) is 7.29. The maximum Gasteiger partial charge on any atom is 0.317 e. The molecule has 0 aliphatic carbocycles. The van der Waals surface area contributed by atoms with E-state index in [2.05, 4.69) is 0 Å². The largest absolute Gasteiger partial charge is 0.481 e. The van der Waals surface area contributed by atoms with Crippen molar-refractivity contribution in [3.05, 3.63) is 0 Å². The summed E-state index contributed by atoms with van der Waals surface area (Å²) in [5.41, 5.74) is 0. The molecule has 0 saturated heterocycles. The van der Waals surface area contributed by atoms with E-state index in [1.54, 1.807) is 0 Å². The summed E-state index contributed by atoms with van der Waals surface area (Å²) in [5, 5.41) is 33.2. The minimum atomic E-state index is -1.23. The fourth-order valence-electron chi connectivity index (χ4n) is 0.656. The number of carboxylic acids is 2. The Balaban J connectivity index is 3.97. The van der Waals surface area contributed by atoms with E-state index in [4.69, 9.17) is 20.4 Å². The molecule has 2 unspecified atom stereocenters. The summed E-state index contributed by atoms with van der Waals surface area (Å²) in [6, 6.07) is 0. The number of aliphatic hydroxyl groups excluding tert-OH is 2. The van der Waals surface area contributed by atoms with Crippen LogP contribution in [0.2, 0.25) is 0 Å². The second-order valence-electron chi connectivity index (χ2n) is 2.59. The van der Waals surface area contributed by atoms with Crippen LogP contribution in [0.4, 0.5) is 0 Å². The number of hydrogen-bond donors (Lipinski definition) is 4. The summed E-state index contributed by atoms with van der Waals surface area (Å²) in [7, 11) is 0. The van der Waals surface area contributed by atoms with E-state index >= 15 is 0 Å². The molecule has 0 amide bonds. The Morgan fingerprint density at radius 3 is 2.21 bits per heavy atom. The van der Waals surface area contributed by atoms with Crippen molar-refractivity contribution in [3.63, 3.8) is 0 Å². The summed E-state index contributed by atoms with van der Waals surface area (Å²) in [4.78, 5) is 20.7. The summed E-state index contributed by atoms with van der Waals surface area (Å²) in [6.07, 6.45) is -1.52. The van der Waals surface area contributed by atoms with Crippen LogP contribution in [-0.4, -0.2) is 56.1 Å². The van der Waals surface area contributed by atoms with Gasteiger partial charge in [-0.2, -0.15) is 0 Å². The van der Waals surface area contributed by atoms with Gasteiger partial charge < -0.3 is 20.4 Å². The van der Waals surface area contributed by atoms with Crippen molar-refractivity contribution in [1.29, 1.82) is 0 Å². The Kier molecular flexibility index (Phi) is 6.26. The molecule has 0 heterocycles. The molecule has 0 bridgehead atoms. The molecular formula is C7H12O6S. The highest BCUT2D eigenvalue weighted by Gasteiger charge is 2.22. The van der Waals surface area contributed by atoms with Gasteiger partial charge in [-0.05, 0) is 0 Å². The number of rotatable bonds is 7. The number of carbonyl (C=O) groups is 2. The van der Waals surface area contributed by atoms with Crippen LogP contribution in [0.25, 0.3) is 0 Å². The average molecular weight is 224 g/mol. The number of aliphatic carboxylic acids is 2. The van der Waals surface area contributed by atoms with Gasteiger partial charge in [0.2, 0.25) is 0 Å². The Labute approximate surface area is 84.6 Å². The fourth-order valence-corrected chi connectivity index (χ4v) is 1.62. The van der Waals surface area contributed by atoms with E-state index in [0.29, 0.717) is 0 Å². The quantitative estimate of drug-likeness (QED) is 0.438. The van der Waals surface area contributed by atoms with Crippen LogP contribution in [0, 0.1) is 0 Å². The predicted octanol–water partition coefficient (Wildman–Crippen LogP) is -0.999. The Morgan fingerprint density at radius 2 is 1.86 bits per heavy atom. The lowest BCUT2D eigenvalue weighted by Crippen LogP contribution is -2.24. The highest BCUT2D eigenvalue weighted by Crippen LogP contribution is 2.16. The van der Waals surface area contributed by atoms with E-state index in [-0.39, 0.29) is 5.75 Å². The van der Waals surface area contributed by atoms with Crippen molar-refractivity contribution in [3.8, 4) is 0 Å². The van der Waals surface area contributed by atoms with Gasteiger partial charge >= 0.3 is 11.9 Å². The van der Waals surface area contributed by atoms with Gasteiger partial charge in [0.05, 0.1) is 19.1 Å². The van der Waals surface area contributed by atoms with Gasteiger partial charge in [0.1, 0.15) is 5.25 Å². The monoisotopic (exact) mass is 224 g/mol. The first-order chi connectivity index (χ1) is 6.47. The van der Waals surface area contributed by atoms with Crippen molar-refractivity contribution in [1.82, 2.24) is 0 Å². The smallest absolute Gasteiger partial charge is 0.317 e. The van der Waals surface area contributed by atoms with Crippen LogP contribution in [0.3, 0.4) is 0 Å². The molecule has 0 spiro atoms. The number of hydrogen-bond acceptors (Lipinski definition) is 5. The van der Waals surface area contributed by atoms with Crippen LogP contribution < -0.4 is 0 Å². The number of carboxylic acid groups (broad SMARTS) is 2. The van der Waals surface area contributed by atoms with E-state index in [1.807, 2.05) is 0 Å². The first-order valence-electron chi connectivity index (χ1n) is 3.82. The average Bonchev–Trinajstić information content (AvgIpc) is 2.10. The minimum Gasteiger partial charge on any atom is -0.481 e. The molecule has 0 aromatic heterocycles. The van der Waals surface area contributed by atoms with E-state index in [0.717, 1.165) is 11.8 Å². The molecule has 7 heteroatoms. The van der Waals surface area contributed by atoms with Gasteiger partial charge in [0.15, 0.2) is 0 Å². The highest BCUT2D eigenvalue weighted by atomic mass is 32.2. The number of aliphatic hydroxyl groups is 2. The van der Waals surface area contributed by atoms with Gasteiger partial charge in [-0.1, -0.05) is 0 Å². The molecule has 2 atom stereocenters. The van der Waals surface area contributed by atoms with Crippen molar-refractivity contribution < 1.29 is 30.0 Å². The maximum absolute atomic E-state index is 10.5. The Morgan fingerprint density at radius 1 is 1.29 bits per heavy atom. The van der Waals surface area contributed by atoms with E-state index in [1.165, 1.54) is 0 Å². The summed E-state index contributed by atoms with van der Waals surface area (Å²) < 4.78 is 0.